The van der Waals surface area contributed by atoms with E-state index in [4.69, 9.17) is 10.9 Å². The number of nitrogens with zero attached hydrogens (tertiary/aromatic N) is 3. The van der Waals surface area contributed by atoms with Gasteiger partial charge in [-0.1, -0.05) is 5.16 Å². The number of carbonyl (C=O) groups excluding carboxylic acids is 1. The summed E-state index contributed by atoms with van der Waals surface area (Å²) in [6, 6.07) is 1.09. The van der Waals surface area contributed by atoms with Gasteiger partial charge in [0, 0.05) is 19.3 Å². The number of amides is 1. The molecule has 1 aliphatic rings. The molecule has 2 rings (SSSR count). The van der Waals surface area contributed by atoms with Gasteiger partial charge in [0.1, 0.15) is 11.4 Å². The van der Waals surface area contributed by atoms with Crippen LogP contribution in [0.15, 0.2) is 23.6 Å². The summed E-state index contributed by atoms with van der Waals surface area (Å²) in [6.45, 7) is 1.38. The Labute approximate surface area is 121 Å². The summed E-state index contributed by atoms with van der Waals surface area (Å²) in [7, 11) is 1.95. The lowest BCUT2D eigenvalue weighted by Crippen LogP contribution is -2.62. The van der Waals surface area contributed by atoms with Gasteiger partial charge in [-0.15, -0.1) is 0 Å². The molecule has 0 atom stereocenters. The first-order chi connectivity index (χ1) is 9.97. The van der Waals surface area contributed by atoms with Gasteiger partial charge in [-0.2, -0.15) is 0 Å². The normalized spacial score (nSPS) is 19.2. The summed E-state index contributed by atoms with van der Waals surface area (Å²) >= 11 is 0. The summed E-state index contributed by atoms with van der Waals surface area (Å²) in [5.41, 5.74) is 4.93. The molecule has 114 valence electrons. The first kappa shape index (κ1) is 15.2. The van der Waals surface area contributed by atoms with E-state index in [0.717, 1.165) is 12.3 Å². The van der Waals surface area contributed by atoms with Gasteiger partial charge in [-0.25, -0.2) is 4.39 Å². The van der Waals surface area contributed by atoms with E-state index < -0.39 is 17.3 Å². The van der Waals surface area contributed by atoms with E-state index in [-0.39, 0.29) is 11.4 Å². The number of nitrogens with two attached hydrogens (primary N) is 1. The van der Waals surface area contributed by atoms with Crippen molar-refractivity contribution in [3.05, 3.63) is 29.8 Å². The standard InChI is InChI=1S/C13H18FN5O2/c1-19-4-2-13(3-5-19,12(15)18-21)17-11(20)9-6-10(14)8-16-7-9/h6-8,21H,2-5H2,1H3,(H2,15,18)(H,17,20). The lowest BCUT2D eigenvalue weighted by Gasteiger charge is -2.40. The molecule has 0 radical (unpaired) electrons. The summed E-state index contributed by atoms with van der Waals surface area (Å²) in [4.78, 5) is 18.0. The third-order valence-electron chi connectivity index (χ3n) is 3.76. The molecule has 1 saturated heterocycles. The second-order valence-corrected chi connectivity index (χ2v) is 5.22. The number of aromatic nitrogens is 1. The van der Waals surface area contributed by atoms with Gasteiger partial charge in [0.15, 0.2) is 5.84 Å². The molecule has 2 heterocycles. The van der Waals surface area contributed by atoms with Gasteiger partial charge in [-0.05, 0) is 26.0 Å². The molecule has 4 N–H and O–H groups in total. The average molecular weight is 295 g/mol. The number of oxime groups is 1. The second-order valence-electron chi connectivity index (χ2n) is 5.22. The van der Waals surface area contributed by atoms with Crippen LogP contribution in [0.2, 0.25) is 0 Å². The van der Waals surface area contributed by atoms with Gasteiger partial charge in [0.2, 0.25) is 0 Å². The minimum atomic E-state index is -0.926. The van der Waals surface area contributed by atoms with E-state index in [9.17, 15) is 9.18 Å². The lowest BCUT2D eigenvalue weighted by molar-refractivity contribution is 0.0885. The van der Waals surface area contributed by atoms with E-state index in [1.54, 1.807) is 0 Å². The Balaban J connectivity index is 2.21. The molecule has 1 amide bonds. The van der Waals surface area contributed by atoms with E-state index in [0.29, 0.717) is 25.9 Å². The van der Waals surface area contributed by atoms with Crippen LogP contribution in [0.4, 0.5) is 4.39 Å². The second kappa shape index (κ2) is 6.04. The summed E-state index contributed by atoms with van der Waals surface area (Å²) < 4.78 is 13.1. The Morgan fingerprint density at radius 3 is 2.76 bits per heavy atom. The Hall–Kier alpha value is -2.22. The van der Waals surface area contributed by atoms with Gasteiger partial charge in [-0.3, -0.25) is 9.78 Å². The number of likely N-dealkylation sites (tertiary alicyclic amines) is 1. The molecular weight excluding hydrogens is 277 g/mol. The zero-order chi connectivity index (χ0) is 15.5. The molecule has 0 bridgehead atoms. The molecule has 8 heteroatoms. The van der Waals surface area contributed by atoms with Gasteiger partial charge in [0.25, 0.3) is 5.91 Å². The minimum Gasteiger partial charge on any atom is -0.409 e. The van der Waals surface area contributed by atoms with Crippen molar-refractivity contribution in [1.29, 1.82) is 0 Å². The lowest BCUT2D eigenvalue weighted by atomic mass is 9.86. The molecule has 21 heavy (non-hydrogen) atoms. The molecule has 0 unspecified atom stereocenters. The van der Waals surface area contributed by atoms with Gasteiger partial charge < -0.3 is 21.2 Å². The number of piperidine rings is 1. The van der Waals surface area contributed by atoms with Crippen molar-refractivity contribution in [2.24, 2.45) is 10.9 Å². The predicted octanol–water partition coefficient (Wildman–Crippen LogP) is 0.161. The van der Waals surface area contributed by atoms with Crippen LogP contribution < -0.4 is 11.1 Å². The first-order valence-electron chi connectivity index (χ1n) is 6.56. The Morgan fingerprint density at radius 2 is 2.19 bits per heavy atom. The fraction of sp³-hybridized carbons (Fsp3) is 0.462. The van der Waals surface area contributed by atoms with Crippen molar-refractivity contribution in [3.63, 3.8) is 0 Å². The predicted molar refractivity (Wildman–Crippen MR) is 74.5 cm³/mol. The molecule has 7 nitrogen and oxygen atoms in total. The first-order valence-corrected chi connectivity index (χ1v) is 6.56. The number of amidine groups is 1. The van der Waals surface area contributed by atoms with Crippen LogP contribution in [0, 0.1) is 5.82 Å². The van der Waals surface area contributed by atoms with E-state index in [1.807, 2.05) is 7.05 Å². The molecule has 1 aromatic rings. The number of carbonyl (C=O) groups is 1. The minimum absolute atomic E-state index is 0.0479. The average Bonchev–Trinajstić information content (AvgIpc) is 2.49. The van der Waals surface area contributed by atoms with Crippen molar-refractivity contribution >= 4 is 11.7 Å². The molecule has 1 aliphatic heterocycles. The topological polar surface area (TPSA) is 104 Å². The quantitative estimate of drug-likeness (QED) is 0.319. The van der Waals surface area contributed by atoms with Crippen LogP contribution >= 0.6 is 0 Å². The van der Waals surface area contributed by atoms with Crippen molar-refractivity contribution in [3.8, 4) is 0 Å². The third kappa shape index (κ3) is 3.27. The summed E-state index contributed by atoms with van der Waals surface area (Å²) in [5.74, 6) is -1.14. The summed E-state index contributed by atoms with van der Waals surface area (Å²) in [6.07, 6.45) is 3.31. The molecule has 0 aromatic carbocycles. The molecule has 1 fully saturated rings. The number of rotatable bonds is 3. The zero-order valence-electron chi connectivity index (χ0n) is 11.7. The Kier molecular flexibility index (Phi) is 4.37. The number of nitrogens with one attached hydrogen (secondary N) is 1. The van der Waals surface area contributed by atoms with Gasteiger partial charge in [0.05, 0.1) is 11.8 Å². The van der Waals surface area contributed by atoms with Crippen LogP contribution in [0.1, 0.15) is 23.2 Å². The highest BCUT2D eigenvalue weighted by molar-refractivity contribution is 6.00. The maximum absolute atomic E-state index is 13.1. The highest BCUT2D eigenvalue weighted by Crippen LogP contribution is 2.22. The van der Waals surface area contributed by atoms with Crippen molar-refractivity contribution in [2.45, 2.75) is 18.4 Å². The van der Waals surface area contributed by atoms with Gasteiger partial charge >= 0.3 is 0 Å². The Bertz CT molecular complexity index is 555. The monoisotopic (exact) mass is 295 g/mol. The molecular formula is C13H18FN5O2. The largest absolute Gasteiger partial charge is 0.409 e. The number of hydrogen-bond donors (Lipinski definition) is 3. The fourth-order valence-corrected chi connectivity index (χ4v) is 2.37. The maximum Gasteiger partial charge on any atom is 0.253 e. The third-order valence-corrected chi connectivity index (χ3v) is 3.76. The Morgan fingerprint density at radius 1 is 1.52 bits per heavy atom. The number of pyridine rings is 1. The molecule has 1 aromatic heterocycles. The van der Waals surface area contributed by atoms with Crippen molar-refractivity contribution in [2.75, 3.05) is 20.1 Å². The summed E-state index contributed by atoms with van der Waals surface area (Å²) in [5, 5.41) is 14.8. The smallest absolute Gasteiger partial charge is 0.253 e. The van der Waals surface area contributed by atoms with Crippen LogP contribution in [0.5, 0.6) is 0 Å². The highest BCUT2D eigenvalue weighted by Gasteiger charge is 2.39. The molecule has 0 spiro atoms. The molecule has 0 aliphatic carbocycles. The van der Waals surface area contributed by atoms with E-state index >= 15 is 0 Å². The van der Waals surface area contributed by atoms with Crippen LogP contribution in [-0.4, -0.2) is 52.5 Å². The van der Waals surface area contributed by atoms with E-state index in [2.05, 4.69) is 20.4 Å². The van der Waals surface area contributed by atoms with E-state index in [1.165, 1.54) is 6.20 Å². The van der Waals surface area contributed by atoms with Crippen LogP contribution in [0.3, 0.4) is 0 Å². The van der Waals surface area contributed by atoms with Crippen LogP contribution in [-0.2, 0) is 0 Å². The number of halogens is 1. The highest BCUT2D eigenvalue weighted by atomic mass is 19.1. The number of hydrogen-bond acceptors (Lipinski definition) is 5. The fourth-order valence-electron chi connectivity index (χ4n) is 2.37. The zero-order valence-corrected chi connectivity index (χ0v) is 11.7. The maximum atomic E-state index is 13.1. The molecule has 0 saturated carbocycles. The SMILES string of the molecule is CN1CCC(NC(=O)c2cncc(F)c2)(/C(N)=N/O)CC1. The van der Waals surface area contributed by atoms with Crippen molar-refractivity contribution < 1.29 is 14.4 Å². The van der Waals surface area contributed by atoms with Crippen molar-refractivity contribution in [1.82, 2.24) is 15.2 Å². The van der Waals surface area contributed by atoms with Crippen LogP contribution in [0.25, 0.3) is 0 Å².